The molecular formula is C14H9ClN2O. The van der Waals surface area contributed by atoms with E-state index in [-0.39, 0.29) is 5.56 Å². The van der Waals surface area contributed by atoms with Gasteiger partial charge in [-0.05, 0) is 24.3 Å². The van der Waals surface area contributed by atoms with E-state index in [0.717, 1.165) is 5.56 Å². The van der Waals surface area contributed by atoms with Crippen molar-refractivity contribution in [1.29, 1.82) is 0 Å². The van der Waals surface area contributed by atoms with Crippen molar-refractivity contribution in [2.45, 2.75) is 0 Å². The predicted molar refractivity (Wildman–Crippen MR) is 71.9 cm³/mol. The molecule has 3 nitrogen and oxygen atoms in total. The molecular weight excluding hydrogens is 248 g/mol. The number of pyridine rings is 1. The number of benzene rings is 1. The number of hydrogen-bond acceptors (Lipinski definition) is 2. The normalized spacial score (nSPS) is 10.7. The van der Waals surface area contributed by atoms with Crippen LogP contribution in [0.5, 0.6) is 0 Å². The molecule has 0 spiro atoms. The number of nitrogens with zero attached hydrogens (tertiary/aromatic N) is 2. The summed E-state index contributed by atoms with van der Waals surface area (Å²) in [5, 5.41) is 0.663. The van der Waals surface area contributed by atoms with E-state index in [1.54, 1.807) is 30.5 Å². The molecule has 3 rings (SSSR count). The van der Waals surface area contributed by atoms with Crippen LogP contribution in [-0.2, 0) is 0 Å². The quantitative estimate of drug-likeness (QED) is 0.671. The Kier molecular flexibility index (Phi) is 2.61. The average molecular weight is 257 g/mol. The van der Waals surface area contributed by atoms with Crippen LogP contribution in [0.1, 0.15) is 0 Å². The minimum absolute atomic E-state index is 0.0921. The summed E-state index contributed by atoms with van der Waals surface area (Å²) in [6.07, 6.45) is 1.70. The second-order valence-corrected chi connectivity index (χ2v) is 4.35. The third kappa shape index (κ3) is 1.89. The molecule has 0 atom stereocenters. The van der Waals surface area contributed by atoms with E-state index < -0.39 is 0 Å². The first kappa shape index (κ1) is 11.0. The molecule has 0 bridgehead atoms. The summed E-state index contributed by atoms with van der Waals surface area (Å²) in [6.45, 7) is 0. The molecule has 1 aromatic carbocycles. The molecule has 0 saturated heterocycles. The van der Waals surface area contributed by atoms with E-state index in [4.69, 9.17) is 11.6 Å². The number of halogens is 1. The molecule has 2 heterocycles. The smallest absolute Gasteiger partial charge is 0.258 e. The molecule has 0 unspecified atom stereocenters. The molecule has 18 heavy (non-hydrogen) atoms. The first-order valence-electron chi connectivity index (χ1n) is 5.48. The fourth-order valence-corrected chi connectivity index (χ4v) is 1.95. The zero-order valence-corrected chi connectivity index (χ0v) is 10.1. The Hall–Kier alpha value is -2.13. The van der Waals surface area contributed by atoms with Gasteiger partial charge in [0, 0.05) is 22.8 Å². The second kappa shape index (κ2) is 4.27. The van der Waals surface area contributed by atoms with Crippen LogP contribution in [-0.4, -0.2) is 9.38 Å². The topological polar surface area (TPSA) is 34.4 Å². The van der Waals surface area contributed by atoms with Gasteiger partial charge in [-0.2, -0.15) is 0 Å². The Bertz CT molecular complexity index is 763. The summed E-state index contributed by atoms with van der Waals surface area (Å²) in [7, 11) is 0. The highest BCUT2D eigenvalue weighted by atomic mass is 35.5. The van der Waals surface area contributed by atoms with Crippen molar-refractivity contribution >= 4 is 17.2 Å². The van der Waals surface area contributed by atoms with Crippen LogP contribution < -0.4 is 5.56 Å². The Morgan fingerprint density at radius 2 is 1.83 bits per heavy atom. The van der Waals surface area contributed by atoms with Crippen LogP contribution >= 0.6 is 11.6 Å². The molecule has 0 amide bonds. The van der Waals surface area contributed by atoms with E-state index in [9.17, 15) is 4.79 Å². The summed E-state index contributed by atoms with van der Waals surface area (Å²) >= 11 is 5.84. The van der Waals surface area contributed by atoms with E-state index in [2.05, 4.69) is 4.98 Å². The largest absolute Gasteiger partial charge is 0.269 e. The van der Waals surface area contributed by atoms with Gasteiger partial charge in [-0.1, -0.05) is 29.8 Å². The maximum atomic E-state index is 11.9. The Balaban J connectivity index is 2.24. The zero-order valence-electron chi connectivity index (χ0n) is 9.38. The van der Waals surface area contributed by atoms with Crippen LogP contribution in [0.4, 0.5) is 0 Å². The molecule has 4 heteroatoms. The van der Waals surface area contributed by atoms with Crippen LogP contribution in [0, 0.1) is 0 Å². The average Bonchev–Trinajstić information content (AvgIpc) is 2.39. The predicted octanol–water partition coefficient (Wildman–Crippen LogP) is 3.01. The van der Waals surface area contributed by atoms with Gasteiger partial charge < -0.3 is 0 Å². The highest BCUT2D eigenvalue weighted by Gasteiger charge is 2.03. The van der Waals surface area contributed by atoms with E-state index in [0.29, 0.717) is 16.4 Å². The van der Waals surface area contributed by atoms with Gasteiger partial charge in [-0.15, -0.1) is 0 Å². The van der Waals surface area contributed by atoms with Crippen LogP contribution in [0.25, 0.3) is 16.9 Å². The summed E-state index contributed by atoms with van der Waals surface area (Å²) in [4.78, 5) is 16.4. The van der Waals surface area contributed by atoms with Crippen molar-refractivity contribution in [3.8, 4) is 11.3 Å². The molecule has 0 saturated carbocycles. The van der Waals surface area contributed by atoms with Crippen LogP contribution in [0.3, 0.4) is 0 Å². The lowest BCUT2D eigenvalue weighted by molar-refractivity contribution is 1.05. The van der Waals surface area contributed by atoms with Crippen molar-refractivity contribution in [3.63, 3.8) is 0 Å². The zero-order chi connectivity index (χ0) is 12.5. The number of aromatic nitrogens is 2. The molecule has 2 aromatic heterocycles. The molecule has 0 aliphatic carbocycles. The second-order valence-electron chi connectivity index (χ2n) is 3.92. The molecule has 0 fully saturated rings. The van der Waals surface area contributed by atoms with Crippen LogP contribution in [0.15, 0.2) is 59.5 Å². The highest BCUT2D eigenvalue weighted by molar-refractivity contribution is 6.30. The van der Waals surface area contributed by atoms with Gasteiger partial charge in [0.1, 0.15) is 5.65 Å². The fourth-order valence-electron chi connectivity index (χ4n) is 1.82. The van der Waals surface area contributed by atoms with Crippen molar-refractivity contribution in [2.75, 3.05) is 0 Å². The van der Waals surface area contributed by atoms with Gasteiger partial charge in [0.15, 0.2) is 0 Å². The highest BCUT2D eigenvalue weighted by Crippen LogP contribution is 2.18. The van der Waals surface area contributed by atoms with Gasteiger partial charge in [0.25, 0.3) is 5.56 Å². The number of fused-ring (bicyclic) bond motifs is 1. The summed E-state index contributed by atoms with van der Waals surface area (Å²) < 4.78 is 1.51. The van der Waals surface area contributed by atoms with Gasteiger partial charge >= 0.3 is 0 Å². The Labute approximate surface area is 108 Å². The first-order chi connectivity index (χ1) is 8.74. The Morgan fingerprint density at radius 1 is 1.06 bits per heavy atom. The lowest BCUT2D eigenvalue weighted by Gasteiger charge is -2.03. The minimum atomic E-state index is -0.0921. The summed E-state index contributed by atoms with van der Waals surface area (Å²) in [5.41, 5.74) is 2.08. The van der Waals surface area contributed by atoms with Crippen molar-refractivity contribution in [3.05, 3.63) is 70.1 Å². The van der Waals surface area contributed by atoms with Crippen molar-refractivity contribution in [2.24, 2.45) is 0 Å². The molecule has 88 valence electrons. The maximum absolute atomic E-state index is 11.9. The van der Waals surface area contributed by atoms with E-state index in [1.807, 2.05) is 18.2 Å². The molecule has 0 N–H and O–H groups in total. The van der Waals surface area contributed by atoms with Crippen molar-refractivity contribution < 1.29 is 0 Å². The molecule has 0 radical (unpaired) electrons. The van der Waals surface area contributed by atoms with Crippen LogP contribution in [0.2, 0.25) is 5.02 Å². The lowest BCUT2D eigenvalue weighted by Crippen LogP contribution is -2.13. The van der Waals surface area contributed by atoms with Gasteiger partial charge in [0.2, 0.25) is 0 Å². The van der Waals surface area contributed by atoms with Crippen molar-refractivity contribution in [1.82, 2.24) is 9.38 Å². The number of rotatable bonds is 1. The van der Waals surface area contributed by atoms with E-state index in [1.165, 1.54) is 10.5 Å². The van der Waals surface area contributed by atoms with Gasteiger partial charge in [-0.3, -0.25) is 9.20 Å². The van der Waals surface area contributed by atoms with Gasteiger partial charge in [0.05, 0.1) is 5.69 Å². The lowest BCUT2D eigenvalue weighted by atomic mass is 10.1. The summed E-state index contributed by atoms with van der Waals surface area (Å²) in [6, 6.07) is 14.3. The fraction of sp³-hybridized carbons (Fsp3) is 0. The Morgan fingerprint density at radius 3 is 2.61 bits per heavy atom. The minimum Gasteiger partial charge on any atom is -0.269 e. The number of hydrogen-bond donors (Lipinski definition) is 0. The summed E-state index contributed by atoms with van der Waals surface area (Å²) in [5.74, 6) is 0. The standard InChI is InChI=1S/C14H9ClN2O/c15-11-6-4-10(5-7-11)12-9-14(18)17-8-2-1-3-13(17)16-12/h1-9H. The maximum Gasteiger partial charge on any atom is 0.258 e. The molecule has 3 aromatic rings. The van der Waals surface area contributed by atoms with Gasteiger partial charge in [-0.25, -0.2) is 4.98 Å². The monoisotopic (exact) mass is 256 g/mol. The third-order valence-electron chi connectivity index (χ3n) is 2.71. The SMILES string of the molecule is O=c1cc(-c2ccc(Cl)cc2)nc2ccccn12. The van der Waals surface area contributed by atoms with E-state index >= 15 is 0 Å². The molecule has 0 aliphatic rings. The third-order valence-corrected chi connectivity index (χ3v) is 2.96. The first-order valence-corrected chi connectivity index (χ1v) is 5.86. The molecule has 0 aliphatic heterocycles.